The van der Waals surface area contributed by atoms with Gasteiger partial charge in [-0.05, 0) is 13.0 Å². The number of pyridine rings is 1. The second-order valence-electron chi connectivity index (χ2n) is 6.07. The molecule has 2 aromatic rings. The van der Waals surface area contributed by atoms with E-state index < -0.39 is 8.07 Å². The highest BCUT2D eigenvalue weighted by Gasteiger charge is 2.14. The molecule has 0 radical (unpaired) electrons. The number of hydrogen-bond acceptors (Lipinski definition) is 3. The largest absolute Gasteiger partial charge is 0.361 e. The molecule has 0 N–H and O–H groups in total. The second-order valence-corrected chi connectivity index (χ2v) is 11.7. The summed E-state index contributed by atoms with van der Waals surface area (Å²) in [7, 11) is -1.06. The van der Waals surface area contributed by atoms with Crippen LogP contribution in [-0.2, 0) is 11.5 Å². The van der Waals surface area contributed by atoms with E-state index in [1.54, 1.807) is 12.4 Å². The number of fused-ring (bicyclic) bond motifs is 1. The summed E-state index contributed by atoms with van der Waals surface area (Å²) < 4.78 is 7.74. The summed E-state index contributed by atoms with van der Waals surface area (Å²) in [6, 6.07) is 1.14. The number of imidazole rings is 1. The van der Waals surface area contributed by atoms with Crippen LogP contribution in [0.4, 0.5) is 5.69 Å². The molecule has 0 aromatic carbocycles. The highest BCUT2D eigenvalue weighted by molar-refractivity contribution is 6.76. The molecule has 106 valence electrons. The van der Waals surface area contributed by atoms with Crippen molar-refractivity contribution in [1.82, 2.24) is 14.5 Å². The highest BCUT2D eigenvalue weighted by Crippen LogP contribution is 2.24. The van der Waals surface area contributed by atoms with Crippen molar-refractivity contribution in [3.63, 3.8) is 0 Å². The van der Waals surface area contributed by atoms with Crippen molar-refractivity contribution in [3.8, 4) is 0 Å². The van der Waals surface area contributed by atoms with Crippen molar-refractivity contribution in [1.29, 1.82) is 0 Å². The molecule has 2 rings (SSSR count). The van der Waals surface area contributed by atoms with Gasteiger partial charge in [0.05, 0.1) is 17.6 Å². The Morgan fingerprint density at radius 1 is 1.35 bits per heavy atom. The summed E-state index contributed by atoms with van der Waals surface area (Å²) in [6.45, 7) is 17.3. The Hall–Kier alpha value is -1.71. The first kappa shape index (κ1) is 14.7. The topological polar surface area (TPSA) is 44.3 Å². The number of aromatic nitrogens is 3. The lowest BCUT2D eigenvalue weighted by Gasteiger charge is -2.16. The van der Waals surface area contributed by atoms with Crippen molar-refractivity contribution in [2.45, 2.75) is 39.3 Å². The maximum Gasteiger partial charge on any atom is 0.232 e. The molecule has 2 heterocycles. The summed E-state index contributed by atoms with van der Waals surface area (Å²) >= 11 is 0. The van der Waals surface area contributed by atoms with Crippen molar-refractivity contribution >= 4 is 24.8 Å². The SMILES string of the molecule is [C-]#[N+]c1cncc2c1nc(C)n2COCC[Si](C)(C)C. The van der Waals surface area contributed by atoms with E-state index >= 15 is 0 Å². The van der Waals surface area contributed by atoms with Gasteiger partial charge in [-0.3, -0.25) is 4.98 Å². The minimum atomic E-state index is -1.06. The summed E-state index contributed by atoms with van der Waals surface area (Å²) in [4.78, 5) is 12.0. The molecular formula is C14H20N4OSi. The fourth-order valence-corrected chi connectivity index (χ4v) is 2.68. The molecule has 0 saturated heterocycles. The maximum atomic E-state index is 7.15. The first-order valence-electron chi connectivity index (χ1n) is 6.68. The van der Waals surface area contributed by atoms with Crippen molar-refractivity contribution in [2.75, 3.05) is 6.61 Å². The fourth-order valence-electron chi connectivity index (χ4n) is 1.92. The van der Waals surface area contributed by atoms with Gasteiger partial charge in [0.15, 0.2) is 0 Å². The Bertz CT molecular complexity index is 651. The quantitative estimate of drug-likeness (QED) is 0.479. The average molecular weight is 288 g/mol. The minimum absolute atomic E-state index is 0.468. The van der Waals surface area contributed by atoms with E-state index in [-0.39, 0.29) is 0 Å². The zero-order valence-corrected chi connectivity index (χ0v) is 13.5. The van der Waals surface area contributed by atoms with E-state index in [1.165, 1.54) is 0 Å². The standard InChI is InChI=1S/C14H20N4OSi/c1-11-17-14-12(15-2)8-16-9-13(14)18(11)10-19-6-7-20(3,4)5/h8-9H,6-7,10H2,1,3-5H3. The third-order valence-electron chi connectivity index (χ3n) is 3.17. The molecule has 20 heavy (non-hydrogen) atoms. The Morgan fingerprint density at radius 3 is 2.75 bits per heavy atom. The van der Waals surface area contributed by atoms with Crippen molar-refractivity contribution in [2.24, 2.45) is 0 Å². The fraction of sp³-hybridized carbons (Fsp3) is 0.500. The van der Waals surface area contributed by atoms with Crippen molar-refractivity contribution in [3.05, 3.63) is 29.6 Å². The van der Waals surface area contributed by atoms with Crippen LogP contribution in [0.25, 0.3) is 15.9 Å². The van der Waals surface area contributed by atoms with Crippen LogP contribution in [0.2, 0.25) is 25.7 Å². The lowest BCUT2D eigenvalue weighted by molar-refractivity contribution is 0.0885. The monoisotopic (exact) mass is 288 g/mol. The van der Waals surface area contributed by atoms with E-state index in [9.17, 15) is 0 Å². The van der Waals surface area contributed by atoms with Gasteiger partial charge >= 0.3 is 0 Å². The van der Waals surface area contributed by atoms with Crippen LogP contribution in [0, 0.1) is 13.5 Å². The summed E-state index contributed by atoms with van der Waals surface area (Å²) in [5.41, 5.74) is 2.07. The highest BCUT2D eigenvalue weighted by atomic mass is 28.3. The number of ether oxygens (including phenoxy) is 1. The first-order valence-corrected chi connectivity index (χ1v) is 10.4. The Balaban J connectivity index is 2.15. The molecule has 0 atom stereocenters. The van der Waals surface area contributed by atoms with Gasteiger partial charge in [-0.1, -0.05) is 19.6 Å². The minimum Gasteiger partial charge on any atom is -0.361 e. The van der Waals surface area contributed by atoms with E-state index in [4.69, 9.17) is 11.3 Å². The predicted octanol–water partition coefficient (Wildman–Crippen LogP) is 3.60. The average Bonchev–Trinajstić information content (AvgIpc) is 2.69. The van der Waals surface area contributed by atoms with E-state index in [0.717, 1.165) is 24.0 Å². The Morgan fingerprint density at radius 2 is 2.10 bits per heavy atom. The smallest absolute Gasteiger partial charge is 0.232 e. The van der Waals surface area contributed by atoms with Crippen molar-refractivity contribution < 1.29 is 4.74 Å². The molecule has 0 unspecified atom stereocenters. The van der Waals surface area contributed by atoms with Gasteiger partial charge in [0.25, 0.3) is 0 Å². The number of hydrogen-bond donors (Lipinski definition) is 0. The second kappa shape index (κ2) is 5.73. The normalized spacial score (nSPS) is 11.8. The molecule has 0 aliphatic heterocycles. The summed E-state index contributed by atoms with van der Waals surface area (Å²) in [6.07, 6.45) is 3.30. The predicted molar refractivity (Wildman–Crippen MR) is 82.6 cm³/mol. The van der Waals surface area contributed by atoms with E-state index in [0.29, 0.717) is 17.9 Å². The number of aryl methyl sites for hydroxylation is 1. The number of nitrogens with zero attached hydrogens (tertiary/aromatic N) is 4. The molecule has 0 fully saturated rings. The molecule has 0 aliphatic carbocycles. The lowest BCUT2D eigenvalue weighted by atomic mass is 10.3. The molecule has 0 spiro atoms. The van der Waals surface area contributed by atoms with Crippen LogP contribution in [0.15, 0.2) is 12.4 Å². The van der Waals surface area contributed by atoms with Gasteiger partial charge < -0.3 is 9.30 Å². The van der Waals surface area contributed by atoms with E-state index in [2.05, 4.69) is 34.5 Å². The van der Waals surface area contributed by atoms with Gasteiger partial charge in [-0.2, -0.15) is 0 Å². The van der Waals surface area contributed by atoms with Gasteiger partial charge in [0, 0.05) is 27.1 Å². The third kappa shape index (κ3) is 3.24. The maximum absolute atomic E-state index is 7.15. The molecule has 0 saturated carbocycles. The van der Waals surface area contributed by atoms with Gasteiger partial charge in [-0.15, -0.1) is 0 Å². The van der Waals surface area contributed by atoms with Crippen LogP contribution in [0.3, 0.4) is 0 Å². The molecule has 6 heteroatoms. The molecule has 0 bridgehead atoms. The van der Waals surface area contributed by atoms with E-state index in [1.807, 2.05) is 11.5 Å². The van der Waals surface area contributed by atoms with Crippen LogP contribution in [-0.4, -0.2) is 29.2 Å². The summed E-state index contributed by atoms with van der Waals surface area (Å²) in [5.74, 6) is 0.853. The van der Waals surface area contributed by atoms with Crippen LogP contribution < -0.4 is 0 Å². The Kier molecular flexibility index (Phi) is 4.21. The van der Waals surface area contributed by atoms with Gasteiger partial charge in [0.2, 0.25) is 5.69 Å². The first-order chi connectivity index (χ1) is 9.42. The zero-order chi connectivity index (χ0) is 14.8. The van der Waals surface area contributed by atoms with Gasteiger partial charge in [-0.25, -0.2) is 9.83 Å². The molecule has 5 nitrogen and oxygen atoms in total. The number of rotatable bonds is 5. The van der Waals surface area contributed by atoms with Gasteiger partial charge in [0.1, 0.15) is 12.6 Å². The molecule has 0 amide bonds. The van der Waals surface area contributed by atoms with Crippen LogP contribution >= 0.6 is 0 Å². The molecule has 2 aromatic heterocycles. The molecule has 0 aliphatic rings. The zero-order valence-electron chi connectivity index (χ0n) is 12.5. The van der Waals surface area contributed by atoms with Crippen LogP contribution in [0.5, 0.6) is 0 Å². The Labute approximate surface area is 120 Å². The third-order valence-corrected chi connectivity index (χ3v) is 4.88. The summed E-state index contributed by atoms with van der Waals surface area (Å²) in [5, 5.41) is 0. The molecular weight excluding hydrogens is 268 g/mol. The van der Waals surface area contributed by atoms with Crippen LogP contribution in [0.1, 0.15) is 5.82 Å². The lowest BCUT2D eigenvalue weighted by Crippen LogP contribution is -2.22.